The van der Waals surface area contributed by atoms with Gasteiger partial charge in [-0.2, -0.15) is 0 Å². The van der Waals surface area contributed by atoms with Crippen LogP contribution in [0.1, 0.15) is 25.5 Å². The Hall–Kier alpha value is -2.08. The third-order valence-electron chi connectivity index (χ3n) is 3.12. The van der Waals surface area contributed by atoms with Crippen molar-refractivity contribution in [3.63, 3.8) is 0 Å². The lowest BCUT2D eigenvalue weighted by Crippen LogP contribution is -2.35. The standard InChI is InChI=1S/C13H17N3O3/c1-7(14-12(17)8(2)19-3)9-4-5-10-11(6-9)16-13(18)15-10/h4-8H,1-3H3,(H,14,17)(H2,15,16,18). The maximum Gasteiger partial charge on any atom is 0.323 e. The van der Waals surface area contributed by atoms with E-state index in [1.807, 2.05) is 25.1 Å². The molecule has 0 saturated carbocycles. The van der Waals surface area contributed by atoms with E-state index < -0.39 is 6.10 Å². The van der Waals surface area contributed by atoms with E-state index in [0.717, 1.165) is 16.6 Å². The van der Waals surface area contributed by atoms with Crippen LogP contribution in [0.25, 0.3) is 11.0 Å². The molecular formula is C13H17N3O3. The molecule has 0 spiro atoms. The first-order valence-corrected chi connectivity index (χ1v) is 6.06. The fraction of sp³-hybridized carbons (Fsp3) is 0.385. The first-order chi connectivity index (χ1) is 9.01. The molecule has 2 atom stereocenters. The van der Waals surface area contributed by atoms with Crippen LogP contribution in [0, 0.1) is 0 Å². The fourth-order valence-corrected chi connectivity index (χ4v) is 1.84. The minimum atomic E-state index is -0.488. The molecule has 2 unspecified atom stereocenters. The summed E-state index contributed by atoms with van der Waals surface area (Å²) in [6.45, 7) is 3.57. The summed E-state index contributed by atoms with van der Waals surface area (Å²) < 4.78 is 4.96. The van der Waals surface area contributed by atoms with Crippen molar-refractivity contribution in [1.29, 1.82) is 0 Å². The Balaban J connectivity index is 2.19. The van der Waals surface area contributed by atoms with Crippen LogP contribution in [0.2, 0.25) is 0 Å². The van der Waals surface area contributed by atoms with E-state index in [0.29, 0.717) is 0 Å². The SMILES string of the molecule is COC(C)C(=O)NC(C)c1ccc2[nH]c(=O)[nH]c2c1. The van der Waals surface area contributed by atoms with Crippen LogP contribution in [0.3, 0.4) is 0 Å². The molecule has 1 amide bonds. The summed E-state index contributed by atoms with van der Waals surface area (Å²) >= 11 is 0. The summed E-state index contributed by atoms with van der Waals surface area (Å²) in [5, 5.41) is 2.85. The van der Waals surface area contributed by atoms with E-state index in [-0.39, 0.29) is 17.6 Å². The number of hydrogen-bond acceptors (Lipinski definition) is 3. The fourth-order valence-electron chi connectivity index (χ4n) is 1.84. The molecule has 1 aromatic carbocycles. The van der Waals surface area contributed by atoms with Gasteiger partial charge in [-0.1, -0.05) is 6.07 Å². The normalized spacial score (nSPS) is 14.3. The maximum atomic E-state index is 11.7. The van der Waals surface area contributed by atoms with Gasteiger partial charge in [0.1, 0.15) is 6.10 Å². The van der Waals surface area contributed by atoms with Crippen molar-refractivity contribution in [1.82, 2.24) is 15.3 Å². The second-order valence-electron chi connectivity index (χ2n) is 4.49. The molecule has 3 N–H and O–H groups in total. The van der Waals surface area contributed by atoms with E-state index in [1.54, 1.807) is 6.92 Å². The number of benzene rings is 1. The lowest BCUT2D eigenvalue weighted by Gasteiger charge is -2.17. The number of carbonyl (C=O) groups excluding carboxylic acids is 1. The van der Waals surface area contributed by atoms with Gasteiger partial charge in [0, 0.05) is 7.11 Å². The monoisotopic (exact) mass is 263 g/mol. The van der Waals surface area contributed by atoms with E-state index in [9.17, 15) is 9.59 Å². The van der Waals surface area contributed by atoms with Crippen molar-refractivity contribution < 1.29 is 9.53 Å². The second-order valence-corrected chi connectivity index (χ2v) is 4.49. The lowest BCUT2D eigenvalue weighted by molar-refractivity contribution is -0.130. The van der Waals surface area contributed by atoms with Crippen molar-refractivity contribution in [3.05, 3.63) is 34.2 Å². The van der Waals surface area contributed by atoms with Gasteiger partial charge in [0.2, 0.25) is 5.91 Å². The maximum absolute atomic E-state index is 11.7. The van der Waals surface area contributed by atoms with Crippen LogP contribution in [-0.2, 0) is 9.53 Å². The molecule has 0 radical (unpaired) electrons. The lowest BCUT2D eigenvalue weighted by atomic mass is 10.1. The van der Waals surface area contributed by atoms with Gasteiger partial charge in [-0.3, -0.25) is 4.79 Å². The number of methoxy groups -OCH3 is 1. The van der Waals surface area contributed by atoms with Crippen molar-refractivity contribution in [3.8, 4) is 0 Å². The van der Waals surface area contributed by atoms with Gasteiger partial charge in [0.25, 0.3) is 0 Å². The molecular weight excluding hydrogens is 246 g/mol. The molecule has 2 rings (SSSR count). The Bertz CT molecular complexity index is 644. The molecule has 0 aliphatic rings. The van der Waals surface area contributed by atoms with Gasteiger partial charge in [-0.15, -0.1) is 0 Å². The quantitative estimate of drug-likeness (QED) is 0.771. The van der Waals surface area contributed by atoms with Crippen LogP contribution in [0.4, 0.5) is 0 Å². The number of ether oxygens (including phenoxy) is 1. The molecule has 0 aliphatic heterocycles. The smallest absolute Gasteiger partial charge is 0.323 e. The van der Waals surface area contributed by atoms with Crippen LogP contribution in [0.15, 0.2) is 23.0 Å². The zero-order valence-corrected chi connectivity index (χ0v) is 11.1. The topological polar surface area (TPSA) is 87.0 Å². The molecule has 1 aromatic heterocycles. The highest BCUT2D eigenvalue weighted by Gasteiger charge is 2.15. The summed E-state index contributed by atoms with van der Waals surface area (Å²) in [6, 6.07) is 5.36. The Morgan fingerprint density at radius 2 is 1.95 bits per heavy atom. The molecule has 2 aromatic rings. The van der Waals surface area contributed by atoms with Crippen molar-refractivity contribution in [2.24, 2.45) is 0 Å². The number of aromatic nitrogens is 2. The Morgan fingerprint density at radius 3 is 2.63 bits per heavy atom. The number of rotatable bonds is 4. The molecule has 6 nitrogen and oxygen atoms in total. The van der Waals surface area contributed by atoms with E-state index in [2.05, 4.69) is 15.3 Å². The average molecular weight is 263 g/mol. The first kappa shape index (κ1) is 13.4. The summed E-state index contributed by atoms with van der Waals surface area (Å²) in [5.41, 5.74) is 2.15. The van der Waals surface area contributed by atoms with Gasteiger partial charge in [0.05, 0.1) is 17.1 Å². The summed E-state index contributed by atoms with van der Waals surface area (Å²) in [4.78, 5) is 28.3. The summed E-state index contributed by atoms with van der Waals surface area (Å²) in [7, 11) is 1.49. The number of fused-ring (bicyclic) bond motifs is 1. The van der Waals surface area contributed by atoms with Crippen LogP contribution in [-0.4, -0.2) is 29.1 Å². The Morgan fingerprint density at radius 1 is 1.26 bits per heavy atom. The third kappa shape index (κ3) is 2.85. The Labute approximate surface area is 110 Å². The molecule has 0 fully saturated rings. The third-order valence-corrected chi connectivity index (χ3v) is 3.12. The number of amides is 1. The van der Waals surface area contributed by atoms with Crippen molar-refractivity contribution in [2.45, 2.75) is 26.0 Å². The summed E-state index contributed by atoms with van der Waals surface area (Å²) in [5.74, 6) is -0.169. The number of hydrogen-bond donors (Lipinski definition) is 3. The molecule has 0 aliphatic carbocycles. The molecule has 1 heterocycles. The van der Waals surface area contributed by atoms with Gasteiger partial charge in [-0.05, 0) is 31.5 Å². The number of imidazole rings is 1. The minimum Gasteiger partial charge on any atom is -0.372 e. The van der Waals surface area contributed by atoms with E-state index in [4.69, 9.17) is 4.74 Å². The predicted molar refractivity (Wildman–Crippen MR) is 71.9 cm³/mol. The van der Waals surface area contributed by atoms with Crippen molar-refractivity contribution in [2.75, 3.05) is 7.11 Å². The molecule has 0 saturated heterocycles. The summed E-state index contributed by atoms with van der Waals surface area (Å²) in [6.07, 6.45) is -0.488. The first-order valence-electron chi connectivity index (χ1n) is 6.06. The van der Waals surface area contributed by atoms with Crippen LogP contribution >= 0.6 is 0 Å². The van der Waals surface area contributed by atoms with E-state index in [1.165, 1.54) is 7.11 Å². The zero-order chi connectivity index (χ0) is 14.0. The highest BCUT2D eigenvalue weighted by atomic mass is 16.5. The number of carbonyl (C=O) groups is 1. The predicted octanol–water partition coefficient (Wildman–Crippen LogP) is 1.07. The second kappa shape index (κ2) is 5.27. The molecule has 19 heavy (non-hydrogen) atoms. The van der Waals surface area contributed by atoms with Gasteiger partial charge >= 0.3 is 5.69 Å². The number of aromatic amines is 2. The molecule has 0 bridgehead atoms. The zero-order valence-electron chi connectivity index (χ0n) is 11.1. The van der Waals surface area contributed by atoms with Crippen molar-refractivity contribution >= 4 is 16.9 Å². The van der Waals surface area contributed by atoms with Gasteiger partial charge in [-0.25, -0.2) is 4.79 Å². The largest absolute Gasteiger partial charge is 0.372 e. The van der Waals surface area contributed by atoms with Crippen LogP contribution < -0.4 is 11.0 Å². The van der Waals surface area contributed by atoms with Gasteiger partial charge < -0.3 is 20.0 Å². The van der Waals surface area contributed by atoms with Gasteiger partial charge in [0.15, 0.2) is 0 Å². The Kier molecular flexibility index (Phi) is 3.71. The van der Waals surface area contributed by atoms with Crippen LogP contribution in [0.5, 0.6) is 0 Å². The minimum absolute atomic E-state index is 0.159. The highest BCUT2D eigenvalue weighted by molar-refractivity contribution is 5.81. The molecule has 102 valence electrons. The molecule has 6 heteroatoms. The number of nitrogens with one attached hydrogen (secondary N) is 3. The number of H-pyrrole nitrogens is 2. The highest BCUT2D eigenvalue weighted by Crippen LogP contribution is 2.17. The average Bonchev–Trinajstić information content (AvgIpc) is 2.76. The van der Waals surface area contributed by atoms with E-state index >= 15 is 0 Å².